The van der Waals surface area contributed by atoms with E-state index in [1.165, 1.54) is 4.90 Å². The summed E-state index contributed by atoms with van der Waals surface area (Å²) in [6.45, 7) is 2.78. The number of guanidine groups is 1. The molecule has 0 saturated carbocycles. The van der Waals surface area contributed by atoms with Gasteiger partial charge < -0.3 is 15.8 Å². The molecule has 1 atom stereocenters. The molecule has 0 heterocycles. The van der Waals surface area contributed by atoms with Crippen LogP contribution in [0.4, 0.5) is 5.69 Å². The fourth-order valence-electron chi connectivity index (χ4n) is 1.92. The van der Waals surface area contributed by atoms with Gasteiger partial charge in [0.2, 0.25) is 0 Å². The Morgan fingerprint density at radius 3 is 2.52 bits per heavy atom. The van der Waals surface area contributed by atoms with Gasteiger partial charge in [-0.05, 0) is 24.3 Å². The number of benzene rings is 2. The van der Waals surface area contributed by atoms with Gasteiger partial charge in [0, 0.05) is 10.1 Å². The van der Waals surface area contributed by atoms with Crippen LogP contribution in [-0.4, -0.2) is 24.9 Å². The van der Waals surface area contributed by atoms with Crippen LogP contribution in [0, 0.1) is 0 Å². The van der Waals surface area contributed by atoms with E-state index in [4.69, 9.17) is 10.5 Å². The molecule has 2 aromatic rings. The predicted molar refractivity (Wildman–Crippen MR) is 110 cm³/mol. The molecule has 1 unspecified atom stereocenters. The van der Waals surface area contributed by atoms with Crippen molar-refractivity contribution < 1.29 is 4.74 Å². The SMILES string of the molecule is COc1ccccc1NC(N)=NCC(C)Sc1ccccc1.I. The first-order chi connectivity index (χ1) is 10.7. The van der Waals surface area contributed by atoms with Crippen LogP contribution in [0.1, 0.15) is 6.92 Å². The molecular weight excluding hydrogens is 421 g/mol. The number of nitrogens with zero attached hydrogens (tertiary/aromatic N) is 1. The molecule has 4 nitrogen and oxygen atoms in total. The summed E-state index contributed by atoms with van der Waals surface area (Å²) in [5, 5.41) is 3.42. The van der Waals surface area contributed by atoms with E-state index >= 15 is 0 Å². The molecule has 0 saturated heterocycles. The maximum atomic E-state index is 5.95. The molecule has 124 valence electrons. The van der Waals surface area contributed by atoms with Gasteiger partial charge in [0.25, 0.3) is 0 Å². The molecule has 0 aliphatic rings. The highest BCUT2D eigenvalue weighted by molar-refractivity contribution is 14.0. The minimum Gasteiger partial charge on any atom is -0.495 e. The summed E-state index contributed by atoms with van der Waals surface area (Å²) in [6, 6.07) is 17.9. The lowest BCUT2D eigenvalue weighted by molar-refractivity contribution is 0.417. The van der Waals surface area contributed by atoms with Gasteiger partial charge in [-0.25, -0.2) is 0 Å². The van der Waals surface area contributed by atoms with Gasteiger partial charge >= 0.3 is 0 Å². The molecule has 0 amide bonds. The lowest BCUT2D eigenvalue weighted by atomic mass is 10.3. The molecule has 0 aromatic heterocycles. The standard InChI is InChI=1S/C17H21N3OS.HI/c1-13(22-14-8-4-3-5-9-14)12-19-17(18)20-15-10-6-7-11-16(15)21-2;/h3-11,13H,12H2,1-2H3,(H3,18,19,20);1H. The Kier molecular flexibility index (Phi) is 8.86. The van der Waals surface area contributed by atoms with Crippen molar-refractivity contribution in [1.29, 1.82) is 0 Å². The first-order valence-corrected chi connectivity index (χ1v) is 7.98. The van der Waals surface area contributed by atoms with Crippen LogP contribution in [0.2, 0.25) is 0 Å². The maximum absolute atomic E-state index is 5.95. The van der Waals surface area contributed by atoms with Crippen LogP contribution in [0.25, 0.3) is 0 Å². The molecule has 0 radical (unpaired) electrons. The van der Waals surface area contributed by atoms with Gasteiger partial charge in [-0.1, -0.05) is 37.3 Å². The number of hydrogen-bond donors (Lipinski definition) is 2. The number of anilines is 1. The highest BCUT2D eigenvalue weighted by atomic mass is 127. The average Bonchev–Trinajstić information content (AvgIpc) is 2.54. The second kappa shape index (κ2) is 10.4. The number of thioether (sulfide) groups is 1. The van der Waals surface area contributed by atoms with Crippen molar-refractivity contribution in [3.8, 4) is 5.75 Å². The largest absolute Gasteiger partial charge is 0.495 e. The van der Waals surface area contributed by atoms with Crippen molar-refractivity contribution in [1.82, 2.24) is 0 Å². The maximum Gasteiger partial charge on any atom is 0.193 e. The molecule has 0 fully saturated rings. The van der Waals surface area contributed by atoms with Crippen LogP contribution in [0.3, 0.4) is 0 Å². The first-order valence-electron chi connectivity index (χ1n) is 7.10. The van der Waals surface area contributed by atoms with Crippen molar-refractivity contribution >= 4 is 47.4 Å². The Bertz CT molecular complexity index is 622. The second-order valence-electron chi connectivity index (χ2n) is 4.79. The molecule has 2 rings (SSSR count). The zero-order valence-electron chi connectivity index (χ0n) is 13.2. The fourth-order valence-corrected chi connectivity index (χ4v) is 2.85. The first kappa shape index (κ1) is 19.6. The zero-order chi connectivity index (χ0) is 15.8. The van der Waals surface area contributed by atoms with Gasteiger partial charge in [0.05, 0.1) is 19.3 Å². The van der Waals surface area contributed by atoms with E-state index in [-0.39, 0.29) is 24.0 Å². The average molecular weight is 443 g/mol. The number of halogens is 1. The molecule has 0 aliphatic heterocycles. The van der Waals surface area contributed by atoms with Gasteiger partial charge in [0.1, 0.15) is 5.75 Å². The van der Waals surface area contributed by atoms with Gasteiger partial charge in [-0.2, -0.15) is 0 Å². The molecule has 6 heteroatoms. The summed E-state index contributed by atoms with van der Waals surface area (Å²) in [7, 11) is 1.63. The van der Waals surface area contributed by atoms with E-state index < -0.39 is 0 Å². The Balaban J connectivity index is 0.00000264. The van der Waals surface area contributed by atoms with Gasteiger partial charge in [-0.15, -0.1) is 35.7 Å². The molecule has 2 aromatic carbocycles. The van der Waals surface area contributed by atoms with Crippen molar-refractivity contribution in [2.75, 3.05) is 19.0 Å². The molecule has 0 aliphatic carbocycles. The smallest absolute Gasteiger partial charge is 0.193 e. The summed E-state index contributed by atoms with van der Waals surface area (Å²) in [5.74, 6) is 1.14. The van der Waals surface area contributed by atoms with E-state index in [1.807, 2.05) is 42.5 Å². The third-order valence-electron chi connectivity index (χ3n) is 2.97. The zero-order valence-corrected chi connectivity index (χ0v) is 16.4. The van der Waals surface area contributed by atoms with E-state index in [0.717, 1.165) is 11.4 Å². The van der Waals surface area contributed by atoms with E-state index in [9.17, 15) is 0 Å². The molecule has 0 spiro atoms. The lowest BCUT2D eigenvalue weighted by Crippen LogP contribution is -2.24. The van der Waals surface area contributed by atoms with Crippen LogP contribution < -0.4 is 15.8 Å². The number of ether oxygens (including phenoxy) is 1. The third kappa shape index (κ3) is 6.70. The Labute approximate surface area is 158 Å². The van der Waals surface area contributed by atoms with Crippen molar-refractivity contribution in [3.63, 3.8) is 0 Å². The summed E-state index contributed by atoms with van der Waals surface area (Å²) in [5.41, 5.74) is 6.76. The highest BCUT2D eigenvalue weighted by Gasteiger charge is 2.05. The summed E-state index contributed by atoms with van der Waals surface area (Å²) < 4.78 is 5.27. The quantitative estimate of drug-likeness (QED) is 0.304. The van der Waals surface area contributed by atoms with Gasteiger partial charge in [-0.3, -0.25) is 4.99 Å². The predicted octanol–water partition coefficient (Wildman–Crippen LogP) is 4.22. The van der Waals surface area contributed by atoms with Crippen LogP contribution in [0.15, 0.2) is 64.5 Å². The van der Waals surface area contributed by atoms with Crippen molar-refractivity contribution in [2.45, 2.75) is 17.1 Å². The fraction of sp³-hybridized carbons (Fsp3) is 0.235. The number of nitrogens with two attached hydrogens (primary N) is 1. The lowest BCUT2D eigenvalue weighted by Gasteiger charge is -2.12. The Morgan fingerprint density at radius 1 is 1.17 bits per heavy atom. The van der Waals surface area contributed by atoms with Gasteiger partial charge in [0.15, 0.2) is 5.96 Å². The molecule has 23 heavy (non-hydrogen) atoms. The Morgan fingerprint density at radius 2 is 1.83 bits per heavy atom. The topological polar surface area (TPSA) is 59.6 Å². The van der Waals surface area contributed by atoms with Crippen LogP contribution in [-0.2, 0) is 0 Å². The summed E-state index contributed by atoms with van der Waals surface area (Å²) in [4.78, 5) is 5.64. The number of methoxy groups -OCH3 is 1. The van der Waals surface area contributed by atoms with E-state index in [1.54, 1.807) is 18.9 Å². The molecular formula is C17H22IN3OS. The summed E-state index contributed by atoms with van der Waals surface area (Å²) in [6.07, 6.45) is 0. The van der Waals surface area contributed by atoms with Crippen LogP contribution in [0.5, 0.6) is 5.75 Å². The van der Waals surface area contributed by atoms with E-state index in [2.05, 4.69) is 29.4 Å². The minimum atomic E-state index is 0. The molecule has 3 N–H and O–H groups in total. The number of para-hydroxylation sites is 2. The monoisotopic (exact) mass is 443 g/mol. The minimum absolute atomic E-state index is 0. The second-order valence-corrected chi connectivity index (χ2v) is 6.30. The molecule has 0 bridgehead atoms. The van der Waals surface area contributed by atoms with E-state index in [0.29, 0.717) is 17.8 Å². The Hall–Kier alpha value is -1.41. The van der Waals surface area contributed by atoms with Crippen LogP contribution >= 0.6 is 35.7 Å². The third-order valence-corrected chi connectivity index (χ3v) is 4.06. The normalized spacial score (nSPS) is 12.2. The number of rotatable bonds is 6. The number of nitrogens with one attached hydrogen (secondary N) is 1. The number of aliphatic imine (C=N–C) groups is 1. The van der Waals surface area contributed by atoms with Crippen molar-refractivity contribution in [2.24, 2.45) is 10.7 Å². The van der Waals surface area contributed by atoms with Crippen molar-refractivity contribution in [3.05, 3.63) is 54.6 Å². The summed E-state index contributed by atoms with van der Waals surface area (Å²) >= 11 is 1.78. The highest BCUT2D eigenvalue weighted by Crippen LogP contribution is 2.24. The number of hydrogen-bond acceptors (Lipinski definition) is 3.